The normalized spacial score (nSPS) is 10.9. The lowest BCUT2D eigenvalue weighted by atomic mass is 10.6. The van der Waals surface area contributed by atoms with Gasteiger partial charge in [0.25, 0.3) is 0 Å². The van der Waals surface area contributed by atoms with Gasteiger partial charge >= 0.3 is 0 Å². The molecule has 2 rings (SSSR count). The third-order valence-electron chi connectivity index (χ3n) is 2.11. The molecule has 0 radical (unpaired) electrons. The van der Waals surface area contributed by atoms with Gasteiger partial charge in [-0.3, -0.25) is 4.68 Å². The Morgan fingerprint density at radius 1 is 1.31 bits per heavy atom. The molecular formula is C8H13N7S. The summed E-state index contributed by atoms with van der Waals surface area (Å²) in [5.74, 6) is 1.51. The van der Waals surface area contributed by atoms with Gasteiger partial charge in [0.2, 0.25) is 0 Å². The van der Waals surface area contributed by atoms with Crippen molar-refractivity contribution in [3.63, 3.8) is 0 Å². The topological polar surface area (TPSA) is 87.4 Å². The molecule has 0 aliphatic heterocycles. The Bertz CT molecular complexity index is 474. The number of aromatic nitrogens is 6. The van der Waals surface area contributed by atoms with E-state index in [2.05, 4.69) is 20.5 Å². The van der Waals surface area contributed by atoms with Crippen molar-refractivity contribution in [1.29, 1.82) is 0 Å². The molecule has 0 amide bonds. The molecule has 7 nitrogen and oxygen atoms in total. The molecule has 0 saturated carbocycles. The fourth-order valence-electron chi connectivity index (χ4n) is 1.25. The third-order valence-corrected chi connectivity index (χ3v) is 3.16. The molecule has 2 aromatic rings. The van der Waals surface area contributed by atoms with E-state index in [-0.39, 0.29) is 0 Å². The minimum atomic E-state index is 0.398. The quantitative estimate of drug-likeness (QED) is 0.737. The molecule has 0 atom stereocenters. The average molecular weight is 239 g/mol. The number of nitrogens with two attached hydrogens (primary N) is 1. The van der Waals surface area contributed by atoms with Crippen LogP contribution in [0.3, 0.4) is 0 Å². The van der Waals surface area contributed by atoms with Gasteiger partial charge < -0.3 is 10.3 Å². The van der Waals surface area contributed by atoms with E-state index < -0.39 is 0 Å². The zero-order chi connectivity index (χ0) is 11.5. The van der Waals surface area contributed by atoms with Crippen LogP contribution in [-0.2, 0) is 26.4 Å². The Morgan fingerprint density at radius 2 is 2.12 bits per heavy atom. The van der Waals surface area contributed by atoms with E-state index in [1.165, 1.54) is 0 Å². The summed E-state index contributed by atoms with van der Waals surface area (Å²) in [6.07, 6.45) is 1.88. The van der Waals surface area contributed by atoms with Crippen molar-refractivity contribution in [2.24, 2.45) is 19.8 Å². The highest BCUT2D eigenvalue weighted by Gasteiger charge is 2.08. The van der Waals surface area contributed by atoms with Gasteiger partial charge in [-0.15, -0.1) is 15.3 Å². The molecule has 0 aliphatic rings. The summed E-state index contributed by atoms with van der Waals surface area (Å²) in [6, 6.07) is 0. The molecule has 2 aromatic heterocycles. The third kappa shape index (κ3) is 2.22. The van der Waals surface area contributed by atoms with E-state index in [1.807, 2.05) is 24.9 Å². The minimum Gasteiger partial charge on any atom is -0.324 e. The molecule has 0 saturated heterocycles. The van der Waals surface area contributed by atoms with Crippen LogP contribution < -0.4 is 5.73 Å². The Balaban J connectivity index is 2.02. The number of hydrogen-bond donors (Lipinski definition) is 1. The minimum absolute atomic E-state index is 0.398. The largest absolute Gasteiger partial charge is 0.324 e. The number of aryl methyl sites for hydroxylation is 1. The lowest BCUT2D eigenvalue weighted by molar-refractivity contribution is 0.714. The first-order valence-corrected chi connectivity index (χ1v) is 5.75. The van der Waals surface area contributed by atoms with Crippen molar-refractivity contribution >= 4 is 11.8 Å². The molecule has 0 aliphatic carbocycles. The molecule has 0 spiro atoms. The van der Waals surface area contributed by atoms with Gasteiger partial charge in [-0.2, -0.15) is 0 Å². The molecule has 16 heavy (non-hydrogen) atoms. The van der Waals surface area contributed by atoms with Gasteiger partial charge in [0, 0.05) is 26.0 Å². The predicted octanol–water partition coefficient (Wildman–Crippen LogP) is -0.305. The van der Waals surface area contributed by atoms with Gasteiger partial charge in [0.15, 0.2) is 5.16 Å². The number of thioether (sulfide) groups is 1. The number of rotatable bonds is 4. The van der Waals surface area contributed by atoms with E-state index >= 15 is 0 Å². The van der Waals surface area contributed by atoms with E-state index in [4.69, 9.17) is 5.73 Å². The Labute approximate surface area is 97.0 Å². The Kier molecular flexibility index (Phi) is 3.20. The average Bonchev–Trinajstić information content (AvgIpc) is 2.83. The maximum Gasteiger partial charge on any atom is 0.191 e. The van der Waals surface area contributed by atoms with Crippen LogP contribution in [0.15, 0.2) is 11.4 Å². The Morgan fingerprint density at radius 3 is 2.69 bits per heavy atom. The van der Waals surface area contributed by atoms with Gasteiger partial charge in [0.05, 0.1) is 12.2 Å². The molecular weight excluding hydrogens is 226 g/mol. The van der Waals surface area contributed by atoms with Crippen LogP contribution in [0.1, 0.15) is 11.5 Å². The molecule has 0 fully saturated rings. The second-order valence-electron chi connectivity index (χ2n) is 3.33. The van der Waals surface area contributed by atoms with Gasteiger partial charge in [-0.25, -0.2) is 0 Å². The molecule has 2 N–H and O–H groups in total. The van der Waals surface area contributed by atoms with Crippen molar-refractivity contribution in [3.8, 4) is 0 Å². The van der Waals surface area contributed by atoms with Crippen LogP contribution in [0, 0.1) is 0 Å². The van der Waals surface area contributed by atoms with E-state index in [0.717, 1.165) is 22.4 Å². The maximum absolute atomic E-state index is 5.52. The smallest absolute Gasteiger partial charge is 0.191 e. The first-order chi connectivity index (χ1) is 7.70. The number of nitrogens with zero attached hydrogens (tertiary/aromatic N) is 6. The predicted molar refractivity (Wildman–Crippen MR) is 59.5 cm³/mol. The molecule has 0 bridgehead atoms. The summed E-state index contributed by atoms with van der Waals surface area (Å²) in [6.45, 7) is 0.398. The summed E-state index contributed by atoms with van der Waals surface area (Å²) in [7, 11) is 3.75. The van der Waals surface area contributed by atoms with E-state index in [9.17, 15) is 0 Å². The SMILES string of the molecule is Cn1cc(CSc2nnc(CN)n2C)nn1. The van der Waals surface area contributed by atoms with Crippen LogP contribution in [0.25, 0.3) is 0 Å². The maximum atomic E-state index is 5.52. The second kappa shape index (κ2) is 4.62. The van der Waals surface area contributed by atoms with E-state index in [1.54, 1.807) is 16.4 Å². The van der Waals surface area contributed by atoms with Crippen molar-refractivity contribution in [2.75, 3.05) is 0 Å². The highest BCUT2D eigenvalue weighted by molar-refractivity contribution is 7.98. The molecule has 86 valence electrons. The van der Waals surface area contributed by atoms with Gasteiger partial charge in [-0.05, 0) is 0 Å². The number of hydrogen-bond acceptors (Lipinski definition) is 6. The summed E-state index contributed by atoms with van der Waals surface area (Å²) >= 11 is 1.57. The first kappa shape index (κ1) is 11.1. The van der Waals surface area contributed by atoms with Crippen molar-refractivity contribution < 1.29 is 0 Å². The van der Waals surface area contributed by atoms with Crippen LogP contribution >= 0.6 is 11.8 Å². The lowest BCUT2D eigenvalue weighted by Gasteiger charge is -1.99. The lowest BCUT2D eigenvalue weighted by Crippen LogP contribution is -2.05. The van der Waals surface area contributed by atoms with E-state index in [0.29, 0.717) is 6.54 Å². The standard InChI is InChI=1S/C8H13N7S/c1-14-4-6(10-13-14)5-16-8-12-11-7(3-9)15(8)2/h4H,3,5,9H2,1-2H3. The molecule has 0 unspecified atom stereocenters. The fraction of sp³-hybridized carbons (Fsp3) is 0.500. The zero-order valence-corrected chi connectivity index (χ0v) is 9.98. The summed E-state index contributed by atoms with van der Waals surface area (Å²) in [4.78, 5) is 0. The monoisotopic (exact) mass is 239 g/mol. The van der Waals surface area contributed by atoms with Crippen LogP contribution in [0.5, 0.6) is 0 Å². The van der Waals surface area contributed by atoms with Crippen molar-refractivity contribution in [3.05, 3.63) is 17.7 Å². The Hall–Kier alpha value is -1.41. The molecule has 2 heterocycles. The van der Waals surface area contributed by atoms with Crippen molar-refractivity contribution in [1.82, 2.24) is 29.8 Å². The fourth-order valence-corrected chi connectivity index (χ4v) is 2.06. The highest BCUT2D eigenvalue weighted by Crippen LogP contribution is 2.19. The molecule has 0 aromatic carbocycles. The molecule has 8 heteroatoms. The summed E-state index contributed by atoms with van der Waals surface area (Å²) < 4.78 is 3.57. The second-order valence-corrected chi connectivity index (χ2v) is 4.28. The van der Waals surface area contributed by atoms with Gasteiger partial charge in [-0.1, -0.05) is 17.0 Å². The zero-order valence-electron chi connectivity index (χ0n) is 9.16. The first-order valence-electron chi connectivity index (χ1n) is 4.77. The van der Waals surface area contributed by atoms with Crippen molar-refractivity contribution in [2.45, 2.75) is 17.5 Å². The summed E-state index contributed by atoms with van der Waals surface area (Å²) in [5.41, 5.74) is 6.44. The van der Waals surface area contributed by atoms with Gasteiger partial charge in [0.1, 0.15) is 5.82 Å². The van der Waals surface area contributed by atoms with Crippen LogP contribution in [0.2, 0.25) is 0 Å². The van der Waals surface area contributed by atoms with Crippen LogP contribution in [-0.4, -0.2) is 29.8 Å². The summed E-state index contributed by atoms with van der Waals surface area (Å²) in [5, 5.41) is 16.7. The van der Waals surface area contributed by atoms with Crippen LogP contribution in [0.4, 0.5) is 0 Å². The highest BCUT2D eigenvalue weighted by atomic mass is 32.2.